The molecule has 0 aromatic heterocycles. The molecule has 0 spiro atoms. The van der Waals surface area contributed by atoms with Crippen LogP contribution in [0.15, 0.2) is 53.0 Å². The van der Waals surface area contributed by atoms with E-state index < -0.39 is 28.5 Å². The maximum Gasteiger partial charge on any atom is 0.244 e. The van der Waals surface area contributed by atoms with Crippen molar-refractivity contribution >= 4 is 43.5 Å². The SMILES string of the molecule is CCCNC(=O)C(C)N(Cc1ccc(Br)cc1)C(=O)CN(c1ccc(CC)cc1)S(C)(=O)=O. The first-order valence-electron chi connectivity index (χ1n) is 10.9. The molecule has 0 saturated heterocycles. The Hall–Kier alpha value is -2.39. The van der Waals surface area contributed by atoms with Crippen LogP contribution in [0, 0.1) is 0 Å². The molecule has 0 bridgehead atoms. The predicted molar refractivity (Wildman–Crippen MR) is 135 cm³/mol. The molecule has 0 aliphatic rings. The number of aryl methyl sites for hydroxylation is 1. The van der Waals surface area contributed by atoms with Gasteiger partial charge in [0.25, 0.3) is 0 Å². The number of hydrogen-bond acceptors (Lipinski definition) is 4. The molecular formula is C24H32BrN3O4S. The van der Waals surface area contributed by atoms with Gasteiger partial charge < -0.3 is 10.2 Å². The summed E-state index contributed by atoms with van der Waals surface area (Å²) in [5.41, 5.74) is 2.31. The zero-order valence-corrected chi connectivity index (χ0v) is 21.9. The van der Waals surface area contributed by atoms with Crippen molar-refractivity contribution in [2.24, 2.45) is 0 Å². The van der Waals surface area contributed by atoms with E-state index in [1.807, 2.05) is 50.2 Å². The summed E-state index contributed by atoms with van der Waals surface area (Å²) in [4.78, 5) is 27.5. The van der Waals surface area contributed by atoms with E-state index in [0.717, 1.165) is 39.0 Å². The van der Waals surface area contributed by atoms with Gasteiger partial charge in [-0.25, -0.2) is 8.42 Å². The summed E-state index contributed by atoms with van der Waals surface area (Å²) in [5.74, 6) is -0.734. The first-order valence-corrected chi connectivity index (χ1v) is 13.6. The van der Waals surface area contributed by atoms with Crippen LogP contribution in [0.3, 0.4) is 0 Å². The fourth-order valence-electron chi connectivity index (χ4n) is 3.28. The number of hydrogen-bond donors (Lipinski definition) is 1. The highest BCUT2D eigenvalue weighted by molar-refractivity contribution is 9.10. The molecule has 0 radical (unpaired) electrons. The van der Waals surface area contributed by atoms with E-state index in [2.05, 4.69) is 21.2 Å². The number of carbonyl (C=O) groups is 2. The van der Waals surface area contributed by atoms with Crippen LogP contribution in [0.1, 0.15) is 38.3 Å². The van der Waals surface area contributed by atoms with Gasteiger partial charge in [-0.15, -0.1) is 0 Å². The second-order valence-corrected chi connectivity index (χ2v) is 10.7. The summed E-state index contributed by atoms with van der Waals surface area (Å²) in [6.45, 7) is 5.90. The van der Waals surface area contributed by atoms with Gasteiger partial charge in [0.1, 0.15) is 12.6 Å². The first-order chi connectivity index (χ1) is 15.6. The highest BCUT2D eigenvalue weighted by Gasteiger charge is 2.29. The van der Waals surface area contributed by atoms with Crippen LogP contribution in [0.4, 0.5) is 5.69 Å². The van der Waals surface area contributed by atoms with Gasteiger partial charge in [0.2, 0.25) is 21.8 Å². The van der Waals surface area contributed by atoms with Crippen LogP contribution in [0.25, 0.3) is 0 Å². The summed E-state index contributed by atoms with van der Waals surface area (Å²) in [5, 5.41) is 2.82. The van der Waals surface area contributed by atoms with Gasteiger partial charge in [-0.05, 0) is 55.2 Å². The van der Waals surface area contributed by atoms with Crippen LogP contribution >= 0.6 is 15.9 Å². The Bertz CT molecular complexity index is 1040. The summed E-state index contributed by atoms with van der Waals surface area (Å²) < 4.78 is 27.1. The Balaban J connectivity index is 2.34. The Morgan fingerprint density at radius 2 is 1.58 bits per heavy atom. The summed E-state index contributed by atoms with van der Waals surface area (Å²) in [6, 6.07) is 13.8. The lowest BCUT2D eigenvalue weighted by atomic mass is 10.1. The third-order valence-electron chi connectivity index (χ3n) is 5.29. The normalized spacial score (nSPS) is 12.2. The van der Waals surface area contributed by atoms with Gasteiger partial charge in [-0.1, -0.05) is 54.0 Å². The van der Waals surface area contributed by atoms with Crippen LogP contribution in [-0.2, 0) is 32.6 Å². The minimum Gasteiger partial charge on any atom is -0.354 e. The van der Waals surface area contributed by atoms with Crippen LogP contribution in [0.5, 0.6) is 0 Å². The van der Waals surface area contributed by atoms with Gasteiger partial charge in [0.05, 0.1) is 11.9 Å². The quantitative estimate of drug-likeness (QED) is 0.473. The van der Waals surface area contributed by atoms with Crippen molar-refractivity contribution in [1.29, 1.82) is 0 Å². The Kier molecular flexibility index (Phi) is 9.91. The zero-order valence-electron chi connectivity index (χ0n) is 19.5. The number of amides is 2. The van der Waals surface area contributed by atoms with Gasteiger partial charge in [-0.2, -0.15) is 0 Å². The molecule has 9 heteroatoms. The number of rotatable bonds is 11. The molecule has 1 atom stereocenters. The van der Waals surface area contributed by atoms with Crippen LogP contribution in [-0.4, -0.2) is 50.5 Å². The van der Waals surface area contributed by atoms with E-state index >= 15 is 0 Å². The molecule has 2 aromatic rings. The van der Waals surface area contributed by atoms with Gasteiger partial charge >= 0.3 is 0 Å². The molecule has 1 unspecified atom stereocenters. The number of nitrogens with zero attached hydrogens (tertiary/aromatic N) is 2. The molecule has 0 aliphatic carbocycles. The van der Waals surface area contributed by atoms with Crippen LogP contribution < -0.4 is 9.62 Å². The molecule has 0 aliphatic heterocycles. The number of nitrogens with one attached hydrogen (secondary N) is 1. The van der Waals surface area contributed by atoms with E-state index in [1.165, 1.54) is 4.90 Å². The topological polar surface area (TPSA) is 86.8 Å². The fraction of sp³-hybridized carbons (Fsp3) is 0.417. The van der Waals surface area contributed by atoms with Gasteiger partial charge in [0, 0.05) is 17.6 Å². The lowest BCUT2D eigenvalue weighted by molar-refractivity contribution is -0.139. The monoisotopic (exact) mass is 537 g/mol. The highest BCUT2D eigenvalue weighted by atomic mass is 79.9. The summed E-state index contributed by atoms with van der Waals surface area (Å²) in [7, 11) is -3.73. The van der Waals surface area contributed by atoms with Crippen molar-refractivity contribution in [3.8, 4) is 0 Å². The minimum absolute atomic E-state index is 0.180. The minimum atomic E-state index is -3.73. The van der Waals surface area contributed by atoms with Crippen LogP contribution in [0.2, 0.25) is 0 Å². The smallest absolute Gasteiger partial charge is 0.244 e. The van der Waals surface area contributed by atoms with E-state index in [0.29, 0.717) is 12.2 Å². The maximum atomic E-state index is 13.4. The molecule has 2 amide bonds. The molecule has 0 fully saturated rings. The first kappa shape index (κ1) is 26.9. The summed E-state index contributed by atoms with van der Waals surface area (Å²) in [6.07, 6.45) is 2.67. The third kappa shape index (κ3) is 7.85. The second-order valence-electron chi connectivity index (χ2n) is 7.90. The fourth-order valence-corrected chi connectivity index (χ4v) is 4.39. The molecule has 180 valence electrons. The second kappa shape index (κ2) is 12.2. The number of carbonyl (C=O) groups excluding carboxylic acids is 2. The number of anilines is 1. The maximum absolute atomic E-state index is 13.4. The molecule has 7 nitrogen and oxygen atoms in total. The molecule has 33 heavy (non-hydrogen) atoms. The van der Waals surface area contributed by atoms with Crippen molar-refractivity contribution in [3.05, 3.63) is 64.1 Å². The van der Waals surface area contributed by atoms with E-state index in [-0.39, 0.29) is 12.5 Å². The number of benzene rings is 2. The molecule has 0 saturated carbocycles. The lowest BCUT2D eigenvalue weighted by Gasteiger charge is -2.31. The molecular weight excluding hydrogens is 506 g/mol. The van der Waals surface area contributed by atoms with Gasteiger partial charge in [0.15, 0.2) is 0 Å². The zero-order chi connectivity index (χ0) is 24.6. The summed E-state index contributed by atoms with van der Waals surface area (Å²) >= 11 is 3.39. The molecule has 2 rings (SSSR count). The largest absolute Gasteiger partial charge is 0.354 e. The third-order valence-corrected chi connectivity index (χ3v) is 6.96. The number of sulfonamides is 1. The van der Waals surface area contributed by atoms with Crippen molar-refractivity contribution in [2.75, 3.05) is 23.7 Å². The van der Waals surface area contributed by atoms with Crippen molar-refractivity contribution in [3.63, 3.8) is 0 Å². The predicted octanol–water partition coefficient (Wildman–Crippen LogP) is 3.72. The van der Waals surface area contributed by atoms with E-state index in [9.17, 15) is 18.0 Å². The molecule has 2 aromatic carbocycles. The Labute approximate surface area is 205 Å². The number of halogens is 1. The Morgan fingerprint density at radius 3 is 2.09 bits per heavy atom. The highest BCUT2D eigenvalue weighted by Crippen LogP contribution is 2.20. The Morgan fingerprint density at radius 1 is 1.00 bits per heavy atom. The van der Waals surface area contributed by atoms with E-state index in [1.54, 1.807) is 19.1 Å². The molecule has 1 N–H and O–H groups in total. The average molecular weight is 539 g/mol. The van der Waals surface area contributed by atoms with E-state index in [4.69, 9.17) is 0 Å². The lowest BCUT2D eigenvalue weighted by Crippen LogP contribution is -2.51. The van der Waals surface area contributed by atoms with Gasteiger partial charge in [-0.3, -0.25) is 13.9 Å². The standard InChI is InChI=1S/C24H32BrN3O4S/c1-5-15-26-24(30)18(3)27(16-20-7-11-21(25)12-8-20)23(29)17-28(33(4,31)32)22-13-9-19(6-2)10-14-22/h7-14,18H,5-6,15-17H2,1-4H3,(H,26,30). The average Bonchev–Trinajstić information content (AvgIpc) is 2.79. The van der Waals surface area contributed by atoms with Crippen molar-refractivity contribution in [1.82, 2.24) is 10.2 Å². The molecule has 0 heterocycles. The van der Waals surface area contributed by atoms with Crippen molar-refractivity contribution < 1.29 is 18.0 Å². The van der Waals surface area contributed by atoms with Crippen molar-refractivity contribution in [2.45, 2.75) is 46.2 Å².